The fraction of sp³-hybridized carbons (Fsp3) is 0.533. The van der Waals surface area contributed by atoms with Gasteiger partial charge < -0.3 is 24.8 Å². The summed E-state index contributed by atoms with van der Waals surface area (Å²) >= 11 is 5.90. The van der Waals surface area contributed by atoms with Crippen LogP contribution in [0.1, 0.15) is 5.56 Å². The quantitative estimate of drug-likeness (QED) is 0.378. The summed E-state index contributed by atoms with van der Waals surface area (Å²) < 4.78 is 39.5. The van der Waals surface area contributed by atoms with E-state index >= 15 is 0 Å². The van der Waals surface area contributed by atoms with E-state index in [1.807, 2.05) is 0 Å². The number of nitrogens with one attached hydrogen (secondary N) is 2. The second-order valence-electron chi connectivity index (χ2n) is 4.59. The molecule has 0 radical (unpaired) electrons. The Kier molecular flexibility index (Phi) is 10.1. The molecule has 0 aromatic heterocycles. The number of hydrogen-bond acceptors (Lipinski definition) is 4. The Bertz CT molecular complexity index is 519. The highest BCUT2D eigenvalue weighted by Gasteiger charge is 2.10. The van der Waals surface area contributed by atoms with Gasteiger partial charge in [0.15, 0.2) is 5.96 Å². The van der Waals surface area contributed by atoms with Crippen molar-refractivity contribution in [3.63, 3.8) is 0 Å². The average Bonchev–Trinajstić information content (AvgIpc) is 2.55. The topological polar surface area (TPSA) is 64.1 Å². The van der Waals surface area contributed by atoms with Crippen molar-refractivity contribution in [2.45, 2.75) is 13.2 Å². The van der Waals surface area contributed by atoms with E-state index < -0.39 is 6.61 Å². The third-order valence-electron chi connectivity index (χ3n) is 2.88. The lowest BCUT2D eigenvalue weighted by atomic mass is 10.2. The Labute approximate surface area is 145 Å². The number of aliphatic imine (C=N–C) groups is 1. The second kappa shape index (κ2) is 11.8. The zero-order chi connectivity index (χ0) is 17.8. The molecule has 0 bridgehead atoms. The SMILES string of the molecule is CN=C(NCCOCCOC)NCc1cc(Cl)ccc1OC(F)F. The number of rotatable bonds is 10. The molecular formula is C15H22ClF2N3O3. The van der Waals surface area contributed by atoms with Crippen LogP contribution in [-0.4, -0.2) is 53.1 Å². The molecule has 0 aliphatic heterocycles. The van der Waals surface area contributed by atoms with Gasteiger partial charge >= 0.3 is 6.61 Å². The van der Waals surface area contributed by atoms with E-state index in [1.165, 1.54) is 12.1 Å². The van der Waals surface area contributed by atoms with Crippen molar-refractivity contribution >= 4 is 17.6 Å². The minimum atomic E-state index is -2.90. The highest BCUT2D eigenvalue weighted by molar-refractivity contribution is 6.30. The summed E-state index contributed by atoms with van der Waals surface area (Å²) in [4.78, 5) is 4.04. The predicted octanol–water partition coefficient (Wildman–Crippen LogP) is 2.27. The Hall–Kier alpha value is -1.64. The largest absolute Gasteiger partial charge is 0.434 e. The first-order chi connectivity index (χ1) is 11.6. The zero-order valence-electron chi connectivity index (χ0n) is 13.7. The fourth-order valence-corrected chi connectivity index (χ4v) is 1.98. The molecule has 0 spiro atoms. The van der Waals surface area contributed by atoms with Crippen LogP contribution in [0.25, 0.3) is 0 Å². The van der Waals surface area contributed by atoms with Gasteiger partial charge in [0, 0.05) is 37.8 Å². The number of guanidine groups is 1. The number of hydrogen-bond donors (Lipinski definition) is 2. The molecule has 1 aromatic rings. The maximum atomic E-state index is 12.4. The first-order valence-electron chi connectivity index (χ1n) is 7.31. The van der Waals surface area contributed by atoms with E-state index in [-0.39, 0.29) is 12.3 Å². The summed E-state index contributed by atoms with van der Waals surface area (Å²) in [5, 5.41) is 6.48. The van der Waals surface area contributed by atoms with Crippen molar-refractivity contribution in [1.29, 1.82) is 0 Å². The molecule has 2 N–H and O–H groups in total. The van der Waals surface area contributed by atoms with E-state index in [9.17, 15) is 8.78 Å². The number of ether oxygens (including phenoxy) is 3. The Morgan fingerprint density at radius 3 is 2.71 bits per heavy atom. The van der Waals surface area contributed by atoms with E-state index in [0.29, 0.717) is 42.9 Å². The number of benzene rings is 1. The standard InChI is InChI=1S/C15H22ClF2N3O3/c1-19-15(20-5-6-23-8-7-22-2)21-10-11-9-12(16)3-4-13(11)24-14(17)18/h3-4,9,14H,5-8,10H2,1-2H3,(H2,19,20,21). The molecule has 0 fully saturated rings. The van der Waals surface area contributed by atoms with Crippen molar-refractivity contribution in [3.8, 4) is 5.75 Å². The summed E-state index contributed by atoms with van der Waals surface area (Å²) in [5.74, 6) is 0.577. The van der Waals surface area contributed by atoms with Gasteiger partial charge in [-0.05, 0) is 18.2 Å². The van der Waals surface area contributed by atoms with E-state index in [4.69, 9.17) is 21.1 Å². The van der Waals surface area contributed by atoms with Crippen LogP contribution in [0, 0.1) is 0 Å². The van der Waals surface area contributed by atoms with Gasteiger partial charge in [-0.15, -0.1) is 0 Å². The van der Waals surface area contributed by atoms with E-state index in [1.54, 1.807) is 20.2 Å². The number of nitrogens with zero attached hydrogens (tertiary/aromatic N) is 1. The molecule has 0 atom stereocenters. The van der Waals surface area contributed by atoms with Gasteiger partial charge in [0.25, 0.3) is 0 Å². The van der Waals surface area contributed by atoms with Crippen molar-refractivity contribution in [2.75, 3.05) is 40.5 Å². The van der Waals surface area contributed by atoms with Gasteiger partial charge in [-0.1, -0.05) is 11.6 Å². The van der Waals surface area contributed by atoms with Crippen LogP contribution in [-0.2, 0) is 16.0 Å². The highest BCUT2D eigenvalue weighted by atomic mass is 35.5. The number of halogens is 3. The highest BCUT2D eigenvalue weighted by Crippen LogP contribution is 2.24. The summed E-state index contributed by atoms with van der Waals surface area (Å²) in [7, 11) is 3.21. The molecule has 0 amide bonds. The molecule has 0 aliphatic rings. The molecule has 0 saturated heterocycles. The molecule has 0 heterocycles. The zero-order valence-corrected chi connectivity index (χ0v) is 14.4. The molecular weight excluding hydrogens is 344 g/mol. The van der Waals surface area contributed by atoms with Gasteiger partial charge in [0.05, 0.1) is 19.8 Å². The van der Waals surface area contributed by atoms with Crippen LogP contribution in [0.2, 0.25) is 5.02 Å². The minimum absolute atomic E-state index is 0.0697. The van der Waals surface area contributed by atoms with Crippen molar-refractivity contribution < 1.29 is 23.0 Å². The van der Waals surface area contributed by atoms with Crippen LogP contribution < -0.4 is 15.4 Å². The molecule has 9 heteroatoms. The second-order valence-corrected chi connectivity index (χ2v) is 5.02. The van der Waals surface area contributed by atoms with Gasteiger partial charge in [-0.2, -0.15) is 8.78 Å². The van der Waals surface area contributed by atoms with Crippen molar-refractivity contribution in [3.05, 3.63) is 28.8 Å². The molecule has 1 aromatic carbocycles. The Morgan fingerprint density at radius 1 is 1.25 bits per heavy atom. The van der Waals surface area contributed by atoms with Crippen molar-refractivity contribution in [2.24, 2.45) is 4.99 Å². The van der Waals surface area contributed by atoms with Crippen LogP contribution in [0.5, 0.6) is 5.75 Å². The van der Waals surface area contributed by atoms with Crippen LogP contribution in [0.15, 0.2) is 23.2 Å². The van der Waals surface area contributed by atoms with Gasteiger partial charge in [-0.3, -0.25) is 4.99 Å². The minimum Gasteiger partial charge on any atom is -0.434 e. The first kappa shape index (κ1) is 20.4. The Morgan fingerprint density at radius 2 is 2.04 bits per heavy atom. The number of alkyl halides is 2. The Balaban J connectivity index is 2.46. The molecule has 6 nitrogen and oxygen atoms in total. The molecule has 0 saturated carbocycles. The maximum absolute atomic E-state index is 12.4. The summed E-state index contributed by atoms with van der Waals surface area (Å²) in [6.07, 6.45) is 0. The van der Waals surface area contributed by atoms with Crippen LogP contribution in [0.3, 0.4) is 0 Å². The lowest BCUT2D eigenvalue weighted by Gasteiger charge is -2.15. The first-order valence-corrected chi connectivity index (χ1v) is 7.69. The summed E-state index contributed by atoms with van der Waals surface area (Å²) in [6, 6.07) is 4.46. The normalized spacial score (nSPS) is 11.7. The predicted molar refractivity (Wildman–Crippen MR) is 89.0 cm³/mol. The monoisotopic (exact) mass is 365 g/mol. The van der Waals surface area contributed by atoms with E-state index in [2.05, 4.69) is 20.4 Å². The molecule has 24 heavy (non-hydrogen) atoms. The summed E-state index contributed by atoms with van der Waals surface area (Å²) in [5.41, 5.74) is 0.502. The van der Waals surface area contributed by atoms with Gasteiger partial charge in [0.1, 0.15) is 5.75 Å². The van der Waals surface area contributed by atoms with Crippen molar-refractivity contribution in [1.82, 2.24) is 10.6 Å². The lowest BCUT2D eigenvalue weighted by molar-refractivity contribution is -0.0504. The average molecular weight is 366 g/mol. The maximum Gasteiger partial charge on any atom is 0.387 e. The van der Waals surface area contributed by atoms with Crippen LogP contribution >= 0.6 is 11.6 Å². The molecule has 0 aliphatic carbocycles. The van der Waals surface area contributed by atoms with Gasteiger partial charge in [0.2, 0.25) is 0 Å². The molecule has 1 rings (SSSR count). The molecule has 136 valence electrons. The third-order valence-corrected chi connectivity index (χ3v) is 3.11. The molecule has 0 unspecified atom stereocenters. The number of methoxy groups -OCH3 is 1. The van der Waals surface area contributed by atoms with Gasteiger partial charge in [-0.25, -0.2) is 0 Å². The van der Waals surface area contributed by atoms with E-state index in [0.717, 1.165) is 0 Å². The smallest absolute Gasteiger partial charge is 0.387 e. The lowest BCUT2D eigenvalue weighted by Crippen LogP contribution is -2.38. The summed E-state index contributed by atoms with van der Waals surface area (Å²) in [6.45, 7) is -0.588. The van der Waals surface area contributed by atoms with Crippen LogP contribution in [0.4, 0.5) is 8.78 Å². The fourth-order valence-electron chi connectivity index (χ4n) is 1.78. The third kappa shape index (κ3) is 8.28.